The molecule has 0 rings (SSSR count). The van der Waals surface area contributed by atoms with Crippen LogP contribution in [0.15, 0.2) is 0 Å². The first-order valence-electron chi connectivity index (χ1n) is 2.10. The number of aliphatic hydroxyl groups is 1. The molecule has 7 heavy (non-hydrogen) atoms. The summed E-state index contributed by atoms with van der Waals surface area (Å²) < 4.78 is 2.72. The van der Waals surface area contributed by atoms with Crippen molar-refractivity contribution in [2.75, 3.05) is 7.05 Å². The molecule has 0 spiro atoms. The third-order valence-corrected chi connectivity index (χ3v) is 0. The van der Waals surface area contributed by atoms with Crippen LogP contribution in [0.25, 0.3) is 0 Å². The van der Waals surface area contributed by atoms with Crippen molar-refractivity contribution in [1.29, 1.82) is 0 Å². The molecule has 0 heterocycles. The molecule has 0 unspecified atom stereocenters. The van der Waals surface area contributed by atoms with Crippen LogP contribution in [0.5, 0.6) is 0 Å². The molecule has 0 atom stereocenters. The van der Waals surface area contributed by atoms with Gasteiger partial charge in [-0.05, 0) is 20.9 Å². The molecule has 2 N–H and O–H groups in total. The van der Waals surface area contributed by atoms with Crippen LogP contribution < -0.4 is 3.53 Å². The van der Waals surface area contributed by atoms with Gasteiger partial charge in [-0.3, -0.25) is 3.53 Å². The van der Waals surface area contributed by atoms with Crippen LogP contribution in [0.1, 0.15) is 13.8 Å². The zero-order valence-electron chi connectivity index (χ0n) is 4.90. The maximum atomic E-state index is 8.06. The van der Waals surface area contributed by atoms with E-state index in [1.165, 1.54) is 0 Å². The standard InChI is InChI=1S/C3H8O.CH4IN/c1-3(2)4;1-3-2/h3-4H,1-2H3;3H,1H3. The smallest absolute Gasteiger partial charge is 0.0483 e. The Kier molecular flexibility index (Phi) is 14.9. The maximum absolute atomic E-state index is 8.06. The molecular formula is C4H12INO. The van der Waals surface area contributed by atoms with Gasteiger partial charge < -0.3 is 5.11 Å². The van der Waals surface area contributed by atoms with E-state index < -0.39 is 0 Å². The molecule has 0 aliphatic carbocycles. The summed E-state index contributed by atoms with van der Waals surface area (Å²) in [5, 5.41) is 8.06. The lowest BCUT2D eigenvalue weighted by atomic mass is 10.5. The summed E-state index contributed by atoms with van der Waals surface area (Å²) in [6.45, 7) is 3.44. The van der Waals surface area contributed by atoms with Crippen LogP contribution in [0.4, 0.5) is 0 Å². The summed E-state index contributed by atoms with van der Waals surface area (Å²) in [7, 11) is 1.86. The average Bonchev–Trinajstić information content (AvgIpc) is 1.33. The van der Waals surface area contributed by atoms with Gasteiger partial charge >= 0.3 is 0 Å². The lowest BCUT2D eigenvalue weighted by Crippen LogP contribution is -1.85. The van der Waals surface area contributed by atoms with Crippen molar-refractivity contribution in [1.82, 2.24) is 3.53 Å². The number of rotatable bonds is 0. The monoisotopic (exact) mass is 217 g/mol. The van der Waals surface area contributed by atoms with E-state index in [0.717, 1.165) is 0 Å². The number of hydrogen-bond donors (Lipinski definition) is 2. The Hall–Kier alpha value is 0.650. The fourth-order valence-electron chi connectivity index (χ4n) is 0. The highest BCUT2D eigenvalue weighted by molar-refractivity contribution is 14.1. The van der Waals surface area contributed by atoms with Crippen LogP contribution in [0, 0.1) is 0 Å². The Morgan fingerprint density at radius 2 is 1.57 bits per heavy atom. The zero-order chi connectivity index (χ0) is 6.28. The Morgan fingerprint density at radius 3 is 1.57 bits per heavy atom. The van der Waals surface area contributed by atoms with E-state index >= 15 is 0 Å². The van der Waals surface area contributed by atoms with Gasteiger partial charge in [0.1, 0.15) is 0 Å². The molecule has 0 aromatic carbocycles. The number of hydrogen-bond acceptors (Lipinski definition) is 2. The minimum atomic E-state index is -0.167. The molecule has 0 bridgehead atoms. The fraction of sp³-hybridized carbons (Fsp3) is 1.00. The predicted molar refractivity (Wildman–Crippen MR) is 40.4 cm³/mol. The van der Waals surface area contributed by atoms with Gasteiger partial charge in [-0.25, -0.2) is 0 Å². The molecule has 0 aromatic heterocycles. The van der Waals surface area contributed by atoms with E-state index in [1.807, 2.05) is 29.9 Å². The summed E-state index contributed by atoms with van der Waals surface area (Å²) in [4.78, 5) is 0. The van der Waals surface area contributed by atoms with Crippen molar-refractivity contribution >= 4 is 22.9 Å². The Bertz CT molecular complexity index is 22.9. The van der Waals surface area contributed by atoms with Gasteiger partial charge in [-0.2, -0.15) is 0 Å². The van der Waals surface area contributed by atoms with E-state index in [4.69, 9.17) is 5.11 Å². The predicted octanol–water partition coefficient (Wildman–Crippen LogP) is 0.943. The SMILES string of the molecule is CC(C)O.CNI. The first-order valence-corrected chi connectivity index (χ1v) is 3.18. The summed E-state index contributed by atoms with van der Waals surface area (Å²) in [6, 6.07) is 0. The van der Waals surface area contributed by atoms with Gasteiger partial charge in [-0.1, -0.05) is 0 Å². The molecule has 0 saturated carbocycles. The molecule has 46 valence electrons. The largest absolute Gasteiger partial charge is 0.394 e. The molecule has 0 amide bonds. The van der Waals surface area contributed by atoms with E-state index in [2.05, 4.69) is 3.53 Å². The number of halogens is 1. The second kappa shape index (κ2) is 9.82. The second-order valence-electron chi connectivity index (χ2n) is 1.28. The normalized spacial score (nSPS) is 7.71. The lowest BCUT2D eigenvalue weighted by Gasteiger charge is -1.80. The summed E-state index contributed by atoms with van der Waals surface area (Å²) >= 11 is 2.04. The van der Waals surface area contributed by atoms with Crippen LogP contribution in [-0.2, 0) is 0 Å². The van der Waals surface area contributed by atoms with E-state index in [-0.39, 0.29) is 6.10 Å². The first kappa shape index (κ1) is 10.6. The minimum Gasteiger partial charge on any atom is -0.394 e. The van der Waals surface area contributed by atoms with Crippen molar-refractivity contribution in [3.8, 4) is 0 Å². The Balaban J connectivity index is 0. The van der Waals surface area contributed by atoms with Crippen LogP contribution in [0.3, 0.4) is 0 Å². The van der Waals surface area contributed by atoms with E-state index in [9.17, 15) is 0 Å². The van der Waals surface area contributed by atoms with Crippen molar-refractivity contribution in [2.45, 2.75) is 20.0 Å². The second-order valence-corrected chi connectivity index (χ2v) is 2.36. The molecule has 3 heteroatoms. The van der Waals surface area contributed by atoms with Gasteiger partial charge in [-0.15, -0.1) is 0 Å². The molecular weight excluding hydrogens is 205 g/mol. The first-order chi connectivity index (χ1) is 3.15. The highest BCUT2D eigenvalue weighted by Gasteiger charge is 1.69. The van der Waals surface area contributed by atoms with Crippen molar-refractivity contribution in [3.63, 3.8) is 0 Å². The molecule has 0 saturated heterocycles. The fourth-order valence-corrected chi connectivity index (χ4v) is 0. The third kappa shape index (κ3) is 340. The van der Waals surface area contributed by atoms with Gasteiger partial charge in [0, 0.05) is 29.0 Å². The van der Waals surface area contributed by atoms with Gasteiger partial charge in [0.2, 0.25) is 0 Å². The molecule has 0 fully saturated rings. The number of aliphatic hydroxyl groups excluding tert-OH is 1. The minimum absolute atomic E-state index is 0.167. The zero-order valence-corrected chi connectivity index (χ0v) is 7.06. The molecule has 2 nitrogen and oxygen atoms in total. The maximum Gasteiger partial charge on any atom is 0.0483 e. The Labute approximate surface area is 58.8 Å². The third-order valence-electron chi connectivity index (χ3n) is 0. The molecule has 0 radical (unpaired) electrons. The van der Waals surface area contributed by atoms with Crippen LogP contribution in [-0.4, -0.2) is 18.3 Å². The summed E-state index contributed by atoms with van der Waals surface area (Å²) in [6.07, 6.45) is -0.167. The molecule has 0 aliphatic heterocycles. The van der Waals surface area contributed by atoms with Gasteiger partial charge in [0.25, 0.3) is 0 Å². The van der Waals surface area contributed by atoms with Crippen molar-refractivity contribution in [2.24, 2.45) is 0 Å². The highest BCUT2D eigenvalue weighted by atomic mass is 127. The highest BCUT2D eigenvalue weighted by Crippen LogP contribution is 1.65. The van der Waals surface area contributed by atoms with E-state index in [1.54, 1.807) is 13.8 Å². The summed E-state index contributed by atoms with van der Waals surface area (Å²) in [5.74, 6) is 0. The van der Waals surface area contributed by atoms with Gasteiger partial charge in [0.05, 0.1) is 0 Å². The molecule has 0 aromatic rings. The van der Waals surface area contributed by atoms with Gasteiger partial charge in [0.15, 0.2) is 0 Å². The van der Waals surface area contributed by atoms with Crippen molar-refractivity contribution in [3.05, 3.63) is 0 Å². The quantitative estimate of drug-likeness (QED) is 0.467. The molecule has 0 aliphatic rings. The van der Waals surface area contributed by atoms with E-state index in [0.29, 0.717) is 0 Å². The van der Waals surface area contributed by atoms with Crippen LogP contribution in [0.2, 0.25) is 0 Å². The average molecular weight is 217 g/mol. The number of nitrogens with one attached hydrogen (secondary N) is 1. The topological polar surface area (TPSA) is 32.3 Å². The van der Waals surface area contributed by atoms with Crippen molar-refractivity contribution < 1.29 is 5.11 Å². The van der Waals surface area contributed by atoms with Crippen LogP contribution >= 0.6 is 22.9 Å². The lowest BCUT2D eigenvalue weighted by molar-refractivity contribution is 0.216. The summed E-state index contributed by atoms with van der Waals surface area (Å²) in [5.41, 5.74) is 0. The Morgan fingerprint density at radius 1 is 1.57 bits per heavy atom.